The van der Waals surface area contributed by atoms with E-state index < -0.39 is 17.4 Å². The lowest BCUT2D eigenvalue weighted by molar-refractivity contribution is -0.135. The van der Waals surface area contributed by atoms with Crippen molar-refractivity contribution in [2.24, 2.45) is 11.7 Å². The van der Waals surface area contributed by atoms with Crippen molar-refractivity contribution in [3.05, 3.63) is 28.2 Å². The number of rotatable bonds is 1. The van der Waals surface area contributed by atoms with Crippen LogP contribution in [-0.2, 0) is 15.1 Å². The second kappa shape index (κ2) is 4.47. The van der Waals surface area contributed by atoms with Crippen molar-refractivity contribution >= 4 is 45.2 Å². The van der Waals surface area contributed by atoms with Gasteiger partial charge in [0.2, 0.25) is 11.8 Å². The Bertz CT molecular complexity index is 668. The first kappa shape index (κ1) is 13.6. The number of hydrogen-bond acceptors (Lipinski definition) is 4. The number of nitrogens with zero attached hydrogens (tertiary/aromatic N) is 1. The summed E-state index contributed by atoms with van der Waals surface area (Å²) in [5, 5.41) is 2.94. The van der Waals surface area contributed by atoms with Gasteiger partial charge >= 0.3 is 0 Å². The predicted molar refractivity (Wildman–Crippen MR) is 84.7 cm³/mol. The average Bonchev–Trinajstić information content (AvgIpc) is 3.06. The molecule has 1 unspecified atom stereocenters. The maximum absolute atomic E-state index is 12.8. The van der Waals surface area contributed by atoms with E-state index in [9.17, 15) is 9.59 Å². The maximum atomic E-state index is 12.8. The van der Waals surface area contributed by atoms with E-state index in [2.05, 4.69) is 26.1 Å². The number of fused-ring (bicyclic) bond motifs is 4. The number of nitrogens with one attached hydrogen (secondary N) is 1. The highest BCUT2D eigenvalue weighted by atomic mass is 79.9. The summed E-state index contributed by atoms with van der Waals surface area (Å²) >= 11 is 5.27. The number of thioether (sulfide) groups is 1. The molecule has 2 fully saturated rings. The fraction of sp³-hybridized carbons (Fsp3) is 0.429. The molecule has 21 heavy (non-hydrogen) atoms. The van der Waals surface area contributed by atoms with Crippen LogP contribution in [0.1, 0.15) is 12.0 Å². The van der Waals surface area contributed by atoms with Crippen molar-refractivity contribution in [2.45, 2.75) is 18.0 Å². The molecule has 4 rings (SSSR count). The molecule has 1 aromatic rings. The highest BCUT2D eigenvalue weighted by Gasteiger charge is 2.65. The lowest BCUT2D eigenvalue weighted by Crippen LogP contribution is -2.53. The topological polar surface area (TPSA) is 75.4 Å². The third-order valence-electron chi connectivity index (χ3n) is 4.78. The molecule has 0 bridgehead atoms. The van der Waals surface area contributed by atoms with Crippen LogP contribution in [0.15, 0.2) is 22.7 Å². The highest BCUT2D eigenvalue weighted by Crippen LogP contribution is 2.55. The number of hydrogen-bond donors (Lipinski definition) is 2. The van der Waals surface area contributed by atoms with E-state index in [4.69, 9.17) is 5.73 Å². The van der Waals surface area contributed by atoms with Crippen LogP contribution in [0.25, 0.3) is 0 Å². The summed E-state index contributed by atoms with van der Waals surface area (Å²) in [5.41, 5.74) is 6.37. The molecular weight excluding hydrogens is 354 g/mol. The van der Waals surface area contributed by atoms with E-state index >= 15 is 0 Å². The summed E-state index contributed by atoms with van der Waals surface area (Å²) in [6, 6.07) is 5.95. The summed E-state index contributed by atoms with van der Waals surface area (Å²) < 4.78 is 0.899. The Balaban J connectivity index is 1.97. The molecule has 110 valence electrons. The third kappa shape index (κ3) is 1.62. The number of carbonyl (C=O) groups excluding carboxylic acids is 2. The van der Waals surface area contributed by atoms with Gasteiger partial charge < -0.3 is 11.1 Å². The molecule has 1 aromatic carbocycles. The summed E-state index contributed by atoms with van der Waals surface area (Å²) in [5.74, 6) is 0.719. The van der Waals surface area contributed by atoms with Gasteiger partial charge in [0.15, 0.2) is 0 Å². The summed E-state index contributed by atoms with van der Waals surface area (Å²) in [6.07, 6.45) is 0.654. The van der Waals surface area contributed by atoms with Gasteiger partial charge in [-0.3, -0.25) is 14.5 Å². The number of primary amides is 1. The molecule has 3 aliphatic heterocycles. The van der Waals surface area contributed by atoms with E-state index in [0.29, 0.717) is 6.42 Å². The molecule has 3 aliphatic rings. The second-order valence-corrected chi connectivity index (χ2v) is 7.64. The quantitative estimate of drug-likeness (QED) is 0.788. The summed E-state index contributed by atoms with van der Waals surface area (Å²) in [7, 11) is 0. The van der Waals surface area contributed by atoms with Crippen LogP contribution in [0, 0.1) is 5.92 Å². The molecule has 3 heterocycles. The Morgan fingerprint density at radius 2 is 2.33 bits per heavy atom. The van der Waals surface area contributed by atoms with Crippen LogP contribution in [0.5, 0.6) is 0 Å². The van der Waals surface area contributed by atoms with Gasteiger partial charge in [0.1, 0.15) is 5.54 Å². The first-order valence-electron chi connectivity index (χ1n) is 6.80. The number of carbonyl (C=O) groups is 2. The Hall–Kier alpha value is -1.05. The largest absolute Gasteiger partial charge is 0.369 e. The molecule has 3 atom stereocenters. The van der Waals surface area contributed by atoms with E-state index in [1.165, 1.54) is 0 Å². The van der Waals surface area contributed by atoms with Crippen LogP contribution >= 0.6 is 27.7 Å². The molecule has 7 heteroatoms. The number of benzene rings is 1. The first-order valence-corrected chi connectivity index (χ1v) is 8.75. The van der Waals surface area contributed by atoms with Crippen molar-refractivity contribution in [3.63, 3.8) is 0 Å². The zero-order valence-corrected chi connectivity index (χ0v) is 13.5. The fourth-order valence-corrected chi connectivity index (χ4v) is 5.61. The second-order valence-electron chi connectivity index (χ2n) is 5.72. The summed E-state index contributed by atoms with van der Waals surface area (Å²) in [6.45, 7) is 0. The minimum Gasteiger partial charge on any atom is -0.369 e. The van der Waals surface area contributed by atoms with Gasteiger partial charge in [-0.15, -0.1) is 11.8 Å². The van der Waals surface area contributed by atoms with Gasteiger partial charge in [-0.05, 0) is 24.6 Å². The number of anilines is 1. The van der Waals surface area contributed by atoms with Crippen molar-refractivity contribution < 1.29 is 9.59 Å². The normalized spacial score (nSPS) is 34.0. The lowest BCUT2D eigenvalue weighted by Gasteiger charge is -2.35. The SMILES string of the molecule is NC(=O)[C@@H]1CC2CSCN2[C@@]12C(=O)Nc1ccc(Br)cc12. The highest BCUT2D eigenvalue weighted by molar-refractivity contribution is 9.10. The van der Waals surface area contributed by atoms with E-state index in [1.54, 1.807) is 11.8 Å². The van der Waals surface area contributed by atoms with Crippen LogP contribution in [0.4, 0.5) is 5.69 Å². The smallest absolute Gasteiger partial charge is 0.250 e. The molecule has 2 saturated heterocycles. The van der Waals surface area contributed by atoms with Gasteiger partial charge in [0, 0.05) is 33.4 Å². The van der Waals surface area contributed by atoms with E-state index in [-0.39, 0.29) is 11.9 Å². The maximum Gasteiger partial charge on any atom is 0.250 e. The predicted octanol–water partition coefficient (Wildman–Crippen LogP) is 1.48. The third-order valence-corrected chi connectivity index (χ3v) is 6.35. The van der Waals surface area contributed by atoms with Gasteiger partial charge in [-0.25, -0.2) is 0 Å². The zero-order chi connectivity index (χ0) is 14.8. The number of halogens is 1. The number of amides is 2. The van der Waals surface area contributed by atoms with Crippen LogP contribution in [0.3, 0.4) is 0 Å². The molecule has 0 aliphatic carbocycles. The molecule has 5 nitrogen and oxygen atoms in total. The standard InChI is InChI=1S/C14H14BrN3O2S/c15-7-1-2-11-9(3-7)14(13(20)17-11)10(12(16)19)4-8-5-21-6-18(8)14/h1-3,8,10H,4-6H2,(H2,16,19)(H,17,20)/t8?,10-,14+/m0/s1. The van der Waals surface area contributed by atoms with Crippen molar-refractivity contribution in [2.75, 3.05) is 16.9 Å². The average molecular weight is 368 g/mol. The molecular formula is C14H14BrN3O2S. The van der Waals surface area contributed by atoms with Crippen LogP contribution < -0.4 is 11.1 Å². The fourth-order valence-electron chi connectivity index (χ4n) is 3.94. The van der Waals surface area contributed by atoms with Crippen LogP contribution in [0.2, 0.25) is 0 Å². The lowest BCUT2D eigenvalue weighted by atomic mass is 9.79. The molecule has 0 radical (unpaired) electrons. The van der Waals surface area contributed by atoms with Crippen LogP contribution in [-0.4, -0.2) is 34.4 Å². The van der Waals surface area contributed by atoms with E-state index in [1.807, 2.05) is 18.2 Å². The van der Waals surface area contributed by atoms with Gasteiger partial charge in [-0.2, -0.15) is 0 Å². The Kier molecular flexibility index (Phi) is 2.90. The van der Waals surface area contributed by atoms with Gasteiger partial charge in [0.05, 0.1) is 5.92 Å². The summed E-state index contributed by atoms with van der Waals surface area (Å²) in [4.78, 5) is 27.0. The molecule has 2 amide bonds. The van der Waals surface area contributed by atoms with Gasteiger partial charge in [-0.1, -0.05) is 15.9 Å². The number of nitrogens with two attached hydrogens (primary N) is 1. The monoisotopic (exact) mass is 367 g/mol. The Morgan fingerprint density at radius 1 is 1.52 bits per heavy atom. The van der Waals surface area contributed by atoms with Crippen molar-refractivity contribution in [1.29, 1.82) is 0 Å². The first-order chi connectivity index (χ1) is 10.0. The molecule has 1 spiro atoms. The van der Waals surface area contributed by atoms with Gasteiger partial charge in [0.25, 0.3) is 0 Å². The van der Waals surface area contributed by atoms with E-state index in [0.717, 1.165) is 27.4 Å². The minimum atomic E-state index is -0.931. The minimum absolute atomic E-state index is 0.121. The van der Waals surface area contributed by atoms with Crippen molar-refractivity contribution in [3.8, 4) is 0 Å². The zero-order valence-electron chi connectivity index (χ0n) is 11.1. The Morgan fingerprint density at radius 3 is 3.10 bits per heavy atom. The Labute approximate surface area is 134 Å². The molecule has 3 N–H and O–H groups in total. The molecule has 0 aromatic heterocycles. The van der Waals surface area contributed by atoms with Crippen molar-refractivity contribution in [1.82, 2.24) is 4.90 Å². The molecule has 0 saturated carbocycles.